The Bertz CT molecular complexity index is 573. The van der Waals surface area contributed by atoms with Crippen molar-refractivity contribution in [3.8, 4) is 0 Å². The topological polar surface area (TPSA) is 64.9 Å². The van der Waals surface area contributed by atoms with E-state index in [4.69, 9.17) is 21.9 Å². The second-order valence-electron chi connectivity index (χ2n) is 4.69. The van der Waals surface area contributed by atoms with Crippen LogP contribution in [0.4, 0.5) is 4.39 Å². The molecule has 6 heteroatoms. The molecule has 0 saturated heterocycles. The van der Waals surface area contributed by atoms with Crippen LogP contribution < -0.4 is 5.73 Å². The van der Waals surface area contributed by atoms with Crippen molar-refractivity contribution in [2.75, 3.05) is 0 Å². The monoisotopic (exact) mass is 297 g/mol. The molecule has 2 N–H and O–H groups in total. The van der Waals surface area contributed by atoms with E-state index in [-0.39, 0.29) is 17.5 Å². The third-order valence-electron chi connectivity index (χ3n) is 3.05. The van der Waals surface area contributed by atoms with Crippen molar-refractivity contribution in [2.45, 2.75) is 38.6 Å². The number of halogens is 2. The standard InChI is InChI=1S/C14H17ClFN3O/c1-2-3-7-11(17)14-18-12(19-20-14)8-9-5-4-6-10(15)13(9)16/h4-6,11H,2-3,7-8,17H2,1H3/t11-/m0/s1. The quantitative estimate of drug-likeness (QED) is 0.884. The molecule has 1 heterocycles. The summed E-state index contributed by atoms with van der Waals surface area (Å²) >= 11 is 5.73. The first-order valence-electron chi connectivity index (χ1n) is 6.62. The molecule has 1 atom stereocenters. The molecule has 0 spiro atoms. The van der Waals surface area contributed by atoms with Crippen LogP contribution in [-0.2, 0) is 6.42 Å². The fourth-order valence-electron chi connectivity index (χ4n) is 1.89. The first-order valence-corrected chi connectivity index (χ1v) is 7.00. The van der Waals surface area contributed by atoms with Gasteiger partial charge in [-0.3, -0.25) is 0 Å². The minimum absolute atomic E-state index is 0.0888. The first kappa shape index (κ1) is 14.9. The zero-order valence-corrected chi connectivity index (χ0v) is 12.0. The van der Waals surface area contributed by atoms with E-state index >= 15 is 0 Å². The third kappa shape index (κ3) is 3.55. The van der Waals surface area contributed by atoms with Gasteiger partial charge in [0, 0.05) is 6.42 Å². The Morgan fingerprint density at radius 3 is 3.00 bits per heavy atom. The van der Waals surface area contributed by atoms with Gasteiger partial charge >= 0.3 is 0 Å². The summed E-state index contributed by atoms with van der Waals surface area (Å²) in [6, 6.07) is 4.58. The summed E-state index contributed by atoms with van der Waals surface area (Å²) in [5.41, 5.74) is 6.39. The van der Waals surface area contributed by atoms with Gasteiger partial charge in [0.05, 0.1) is 11.1 Å². The minimum atomic E-state index is -0.448. The Balaban J connectivity index is 2.07. The van der Waals surface area contributed by atoms with Crippen molar-refractivity contribution in [1.29, 1.82) is 0 Å². The Kier molecular flexibility index (Phi) is 5.09. The third-order valence-corrected chi connectivity index (χ3v) is 3.34. The van der Waals surface area contributed by atoms with Crippen LogP contribution in [0.1, 0.15) is 49.5 Å². The highest BCUT2D eigenvalue weighted by Crippen LogP contribution is 2.21. The molecule has 4 nitrogen and oxygen atoms in total. The minimum Gasteiger partial charge on any atom is -0.338 e. The molecule has 1 aromatic heterocycles. The van der Waals surface area contributed by atoms with E-state index in [2.05, 4.69) is 17.1 Å². The Labute approximate surface area is 122 Å². The van der Waals surface area contributed by atoms with Crippen molar-refractivity contribution in [3.63, 3.8) is 0 Å². The molecular weight excluding hydrogens is 281 g/mol. The van der Waals surface area contributed by atoms with Crippen molar-refractivity contribution in [2.24, 2.45) is 5.73 Å². The molecule has 0 unspecified atom stereocenters. The summed E-state index contributed by atoms with van der Waals surface area (Å²) in [4.78, 5) is 4.22. The van der Waals surface area contributed by atoms with Crippen LogP contribution in [0.5, 0.6) is 0 Å². The number of nitrogens with two attached hydrogens (primary N) is 1. The highest BCUT2D eigenvalue weighted by atomic mass is 35.5. The van der Waals surface area contributed by atoms with Crippen molar-refractivity contribution in [1.82, 2.24) is 10.1 Å². The summed E-state index contributed by atoms with van der Waals surface area (Å²) in [7, 11) is 0. The second-order valence-corrected chi connectivity index (χ2v) is 5.09. The summed E-state index contributed by atoms with van der Waals surface area (Å²) in [6.07, 6.45) is 3.09. The highest BCUT2D eigenvalue weighted by molar-refractivity contribution is 6.30. The lowest BCUT2D eigenvalue weighted by Crippen LogP contribution is -2.10. The van der Waals surface area contributed by atoms with E-state index < -0.39 is 5.82 Å². The summed E-state index contributed by atoms with van der Waals surface area (Å²) in [5.74, 6) is 0.361. The van der Waals surface area contributed by atoms with Gasteiger partial charge < -0.3 is 10.3 Å². The molecule has 2 rings (SSSR count). The molecule has 20 heavy (non-hydrogen) atoms. The molecule has 2 aromatic rings. The fourth-order valence-corrected chi connectivity index (χ4v) is 2.09. The Morgan fingerprint density at radius 2 is 2.25 bits per heavy atom. The largest absolute Gasteiger partial charge is 0.338 e. The maximum absolute atomic E-state index is 13.8. The zero-order chi connectivity index (χ0) is 14.5. The van der Waals surface area contributed by atoms with Gasteiger partial charge in [-0.15, -0.1) is 0 Å². The fraction of sp³-hybridized carbons (Fsp3) is 0.429. The number of unbranched alkanes of at least 4 members (excludes halogenated alkanes) is 1. The average Bonchev–Trinajstić information content (AvgIpc) is 2.90. The van der Waals surface area contributed by atoms with Crippen LogP contribution in [0.3, 0.4) is 0 Å². The molecule has 1 aromatic carbocycles. The van der Waals surface area contributed by atoms with Gasteiger partial charge in [0.1, 0.15) is 5.82 Å². The van der Waals surface area contributed by atoms with Crippen LogP contribution in [-0.4, -0.2) is 10.1 Å². The van der Waals surface area contributed by atoms with Crippen molar-refractivity contribution >= 4 is 11.6 Å². The summed E-state index contributed by atoms with van der Waals surface area (Å²) in [5, 5.41) is 3.92. The Morgan fingerprint density at radius 1 is 1.45 bits per heavy atom. The molecule has 108 valence electrons. The predicted octanol–water partition coefficient (Wildman–Crippen LogP) is 3.64. The van der Waals surface area contributed by atoms with Gasteiger partial charge in [0.2, 0.25) is 5.89 Å². The van der Waals surface area contributed by atoms with E-state index in [0.717, 1.165) is 19.3 Å². The van der Waals surface area contributed by atoms with Crippen LogP contribution in [0, 0.1) is 5.82 Å². The maximum Gasteiger partial charge on any atom is 0.243 e. The number of nitrogens with zero attached hydrogens (tertiary/aromatic N) is 2. The van der Waals surface area contributed by atoms with E-state index in [9.17, 15) is 4.39 Å². The number of benzene rings is 1. The van der Waals surface area contributed by atoms with Crippen LogP contribution in [0.2, 0.25) is 5.02 Å². The average molecular weight is 298 g/mol. The molecular formula is C14H17ClFN3O. The van der Waals surface area contributed by atoms with Crippen LogP contribution in [0.25, 0.3) is 0 Å². The number of hydrogen-bond donors (Lipinski definition) is 1. The molecule has 0 aliphatic heterocycles. The normalized spacial score (nSPS) is 12.6. The molecule has 0 aliphatic rings. The van der Waals surface area contributed by atoms with Crippen molar-refractivity contribution < 1.29 is 8.91 Å². The highest BCUT2D eigenvalue weighted by Gasteiger charge is 2.16. The first-order chi connectivity index (χ1) is 9.61. The molecule has 0 aliphatic carbocycles. The number of hydrogen-bond acceptors (Lipinski definition) is 4. The number of aromatic nitrogens is 2. The molecule has 0 radical (unpaired) electrons. The van der Waals surface area contributed by atoms with Gasteiger partial charge in [0.15, 0.2) is 5.82 Å². The van der Waals surface area contributed by atoms with Gasteiger partial charge in [-0.2, -0.15) is 4.98 Å². The lowest BCUT2D eigenvalue weighted by molar-refractivity contribution is 0.343. The van der Waals surface area contributed by atoms with Crippen LogP contribution in [0.15, 0.2) is 22.7 Å². The van der Waals surface area contributed by atoms with E-state index in [0.29, 0.717) is 17.3 Å². The van der Waals surface area contributed by atoms with Gasteiger partial charge in [-0.1, -0.05) is 48.7 Å². The van der Waals surface area contributed by atoms with Gasteiger partial charge in [-0.25, -0.2) is 4.39 Å². The molecule has 0 amide bonds. The molecule has 0 bridgehead atoms. The zero-order valence-electron chi connectivity index (χ0n) is 11.3. The van der Waals surface area contributed by atoms with E-state index in [1.807, 2.05) is 0 Å². The lowest BCUT2D eigenvalue weighted by atomic mass is 10.1. The predicted molar refractivity (Wildman–Crippen MR) is 75.0 cm³/mol. The van der Waals surface area contributed by atoms with Gasteiger partial charge in [-0.05, 0) is 18.1 Å². The van der Waals surface area contributed by atoms with E-state index in [1.54, 1.807) is 12.1 Å². The Hall–Kier alpha value is -1.46. The second kappa shape index (κ2) is 6.81. The summed E-state index contributed by atoms with van der Waals surface area (Å²) < 4.78 is 18.9. The number of rotatable bonds is 6. The smallest absolute Gasteiger partial charge is 0.243 e. The SMILES string of the molecule is CCCC[C@H](N)c1nc(Cc2cccc(Cl)c2F)no1. The van der Waals surface area contributed by atoms with Crippen LogP contribution >= 0.6 is 11.6 Å². The summed E-state index contributed by atoms with van der Waals surface area (Å²) in [6.45, 7) is 2.09. The van der Waals surface area contributed by atoms with Crippen molar-refractivity contribution in [3.05, 3.63) is 46.3 Å². The molecule has 0 fully saturated rings. The molecule has 0 saturated carbocycles. The maximum atomic E-state index is 13.8. The van der Waals surface area contributed by atoms with Gasteiger partial charge in [0.25, 0.3) is 0 Å². The van der Waals surface area contributed by atoms with E-state index in [1.165, 1.54) is 6.07 Å². The lowest BCUT2D eigenvalue weighted by Gasteiger charge is -2.04.